The summed E-state index contributed by atoms with van der Waals surface area (Å²) >= 11 is 1.02. The van der Waals surface area contributed by atoms with Crippen LogP contribution in [-0.2, 0) is 50.7 Å². The lowest BCUT2D eigenvalue weighted by atomic mass is 9.87. The van der Waals surface area contributed by atoms with Crippen LogP contribution in [0.2, 0.25) is 0 Å². The number of aliphatic hydroxyl groups excluding tert-OH is 2. The molecule has 3 unspecified atom stereocenters. The maximum Gasteiger partial charge on any atom is 0.274 e. The number of nitrogens with zero attached hydrogens (tertiary/aromatic N) is 4. The Balaban J connectivity index is 1.51. The third kappa shape index (κ3) is 13.2. The highest BCUT2D eigenvalue weighted by Crippen LogP contribution is 2.56. The van der Waals surface area contributed by atoms with E-state index in [2.05, 4.69) is 50.0 Å². The number of nitrogen functional groups attached to an aromatic ring is 1. The van der Waals surface area contributed by atoms with Crippen LogP contribution in [-0.4, -0.2) is 103 Å². The minimum Gasteiger partial charge on any atom is -0.790 e. The van der Waals surface area contributed by atoms with Crippen LogP contribution in [0.15, 0.2) is 25.3 Å². The Hall–Kier alpha value is -2.70. The smallest absolute Gasteiger partial charge is 0.274 e. The largest absolute Gasteiger partial charge is 0.790 e. The Morgan fingerprint density at radius 1 is 1.13 bits per heavy atom. The topological polar surface area (TPSA) is 375 Å². The van der Waals surface area contributed by atoms with Crippen LogP contribution in [0.5, 0.6) is 0 Å². The Morgan fingerprint density at radius 3 is 2.44 bits per heavy atom. The van der Waals surface area contributed by atoms with Crippen LogP contribution in [0.3, 0.4) is 0 Å². The van der Waals surface area contributed by atoms with Gasteiger partial charge in [-0.15, -0.1) is 6.58 Å². The molecule has 54 heavy (non-hydrogen) atoms. The molecule has 3 heterocycles. The lowest BCUT2D eigenvalue weighted by molar-refractivity contribution is -0.347. The second-order valence-electron chi connectivity index (χ2n) is 12.2. The van der Waals surface area contributed by atoms with Gasteiger partial charge in [-0.2, -0.15) is 0 Å². The molecule has 1 saturated heterocycles. The van der Waals surface area contributed by atoms with Gasteiger partial charge in [-0.3, -0.25) is 28.1 Å². The van der Waals surface area contributed by atoms with Gasteiger partial charge in [-0.05, 0) is 0 Å². The highest BCUT2D eigenvalue weighted by molar-refractivity contribution is 8.13. The predicted molar refractivity (Wildman–Crippen MR) is 178 cm³/mol. The molecule has 2 aromatic heterocycles. The van der Waals surface area contributed by atoms with E-state index in [4.69, 9.17) is 10.5 Å². The fourth-order valence-corrected chi connectivity index (χ4v) is 7.99. The van der Waals surface area contributed by atoms with Gasteiger partial charge in [0.2, 0.25) is 11.8 Å². The Bertz CT molecular complexity index is 1810. The average molecular weight is 846 g/mol. The number of fused-ring (bicyclic) bond motifs is 1. The SMILES string of the molecule is C=CC(C)C(=O)SCCNC(=O)CCNC(=O)[C@H](O)C(C)(C)COP(=O)([O-])OP(=O)([O-])OC[C@H]1O[C@@H](n2cnc3c(N)ncnc32)[C@H](O)[C@@H]1OP(=O)([O-])[O-]. The number of hydrogen-bond acceptors (Lipinski definition) is 22. The van der Waals surface area contributed by atoms with Crippen LogP contribution in [0.25, 0.3) is 11.2 Å². The molecule has 8 atom stereocenters. The predicted octanol–water partition coefficient (Wildman–Crippen LogP) is -3.04. The Labute approximate surface area is 311 Å². The van der Waals surface area contributed by atoms with Crippen LogP contribution >= 0.6 is 35.2 Å². The monoisotopic (exact) mass is 845 g/mol. The van der Waals surface area contributed by atoms with Crippen molar-refractivity contribution in [3.05, 3.63) is 25.3 Å². The number of aromatic nitrogens is 4. The van der Waals surface area contributed by atoms with E-state index in [1.165, 1.54) is 19.9 Å². The van der Waals surface area contributed by atoms with Gasteiger partial charge in [-0.1, -0.05) is 38.6 Å². The molecule has 0 aliphatic carbocycles. The van der Waals surface area contributed by atoms with Gasteiger partial charge in [0, 0.05) is 36.6 Å². The number of nitrogens with one attached hydrogen (secondary N) is 2. The average Bonchev–Trinajstić information content (AvgIpc) is 3.64. The molecule has 3 rings (SSSR count). The van der Waals surface area contributed by atoms with Crippen molar-refractivity contribution in [2.75, 3.05) is 37.8 Å². The van der Waals surface area contributed by atoms with Crippen LogP contribution in [0.1, 0.15) is 33.4 Å². The molecule has 2 aromatic rings. The third-order valence-corrected chi connectivity index (χ3v) is 11.5. The second kappa shape index (κ2) is 19.0. The van der Waals surface area contributed by atoms with Crippen molar-refractivity contribution < 1.29 is 80.5 Å². The summed E-state index contributed by atoms with van der Waals surface area (Å²) in [5.41, 5.74) is 4.06. The third-order valence-electron chi connectivity index (χ3n) is 7.45. The van der Waals surface area contributed by atoms with Crippen LogP contribution in [0.4, 0.5) is 5.82 Å². The molecule has 304 valence electrons. The van der Waals surface area contributed by atoms with Gasteiger partial charge in [0.05, 0.1) is 27.4 Å². The standard InChI is InChI=1S/C26H42N7O17P3S/c1-5-14(2)25(38)54-9-8-28-16(34)6-7-29-23(37)20(36)26(3,4)11-47-53(44,45)50-52(42,43)46-10-15-19(49-51(39,40)41)18(35)24(48-15)33-13-32-17-21(27)30-12-31-22(17)33/h5,12-15,18-20,24,35-36H,1,6-11H2,2-4H3,(H,28,34)(H,29,37)(H,42,43)(H,44,45)(H2,27,30,31)(H2,39,40,41)/p-4/t14?,15-,18-,19-,20+,24-/m1/s1. The number of aliphatic hydroxyl groups is 2. The number of carbonyl (C=O) groups excluding carboxylic acids is 3. The van der Waals surface area contributed by atoms with Crippen LogP contribution in [0, 0.1) is 11.3 Å². The number of anilines is 1. The Morgan fingerprint density at radius 2 is 1.80 bits per heavy atom. The molecule has 1 aliphatic rings. The van der Waals surface area contributed by atoms with E-state index in [1.54, 1.807) is 6.92 Å². The fourth-order valence-electron chi connectivity index (χ4n) is 4.49. The van der Waals surface area contributed by atoms with E-state index in [9.17, 15) is 57.9 Å². The first-order valence-corrected chi connectivity index (χ1v) is 20.9. The summed E-state index contributed by atoms with van der Waals surface area (Å²) in [7, 11) is -17.6. The van der Waals surface area contributed by atoms with Gasteiger partial charge < -0.3 is 69.0 Å². The summed E-state index contributed by atoms with van der Waals surface area (Å²) in [6.45, 7) is 5.27. The molecule has 1 aliphatic heterocycles. The van der Waals surface area contributed by atoms with Crippen molar-refractivity contribution in [1.82, 2.24) is 30.2 Å². The molecule has 0 radical (unpaired) electrons. The number of hydrogen-bond donors (Lipinski definition) is 5. The summed E-state index contributed by atoms with van der Waals surface area (Å²) in [6.07, 6.45) is -6.10. The first-order valence-electron chi connectivity index (χ1n) is 15.6. The summed E-state index contributed by atoms with van der Waals surface area (Å²) in [5, 5.41) is 26.0. The molecular formula is C26H38N7O17P3S-4. The molecule has 0 bridgehead atoms. The summed E-state index contributed by atoms with van der Waals surface area (Å²) in [5.74, 6) is -1.60. The van der Waals surface area contributed by atoms with Crippen LogP contribution < -0.4 is 35.9 Å². The van der Waals surface area contributed by atoms with E-state index < -0.39 is 84.6 Å². The van der Waals surface area contributed by atoms with Crippen molar-refractivity contribution in [3.63, 3.8) is 0 Å². The molecular weight excluding hydrogens is 807 g/mol. The van der Waals surface area contributed by atoms with Crippen molar-refractivity contribution in [2.45, 2.75) is 57.8 Å². The van der Waals surface area contributed by atoms with E-state index in [0.29, 0.717) is 5.75 Å². The number of thioether (sulfide) groups is 1. The number of imidazole rings is 1. The van der Waals surface area contributed by atoms with Gasteiger partial charge in [0.25, 0.3) is 15.6 Å². The van der Waals surface area contributed by atoms with Crippen molar-refractivity contribution in [3.8, 4) is 0 Å². The number of ether oxygens (including phenoxy) is 1. The van der Waals surface area contributed by atoms with Gasteiger partial charge in [0.15, 0.2) is 22.8 Å². The highest BCUT2D eigenvalue weighted by Gasteiger charge is 2.47. The second-order valence-corrected chi connectivity index (χ2v) is 17.3. The molecule has 1 fully saturated rings. The zero-order chi connectivity index (χ0) is 40.6. The fraction of sp³-hybridized carbons (Fsp3) is 0.615. The number of phosphoric ester groups is 3. The van der Waals surface area contributed by atoms with Crippen molar-refractivity contribution in [1.29, 1.82) is 0 Å². The van der Waals surface area contributed by atoms with E-state index >= 15 is 0 Å². The molecule has 0 saturated carbocycles. The number of carbonyl (C=O) groups is 3. The maximum absolute atomic E-state index is 12.5. The quantitative estimate of drug-likeness (QED) is 0.0473. The zero-order valence-corrected chi connectivity index (χ0v) is 32.3. The van der Waals surface area contributed by atoms with E-state index in [1.807, 2.05) is 0 Å². The lowest BCUT2D eigenvalue weighted by Crippen LogP contribution is -2.46. The van der Waals surface area contributed by atoms with Gasteiger partial charge in [-0.25, -0.2) is 19.3 Å². The summed E-state index contributed by atoms with van der Waals surface area (Å²) in [4.78, 5) is 95.6. The maximum atomic E-state index is 12.5. The lowest BCUT2D eigenvalue weighted by Gasteiger charge is -2.36. The van der Waals surface area contributed by atoms with E-state index in [-0.39, 0.29) is 47.5 Å². The molecule has 0 spiro atoms. The molecule has 6 N–H and O–H groups in total. The van der Waals surface area contributed by atoms with Gasteiger partial charge >= 0.3 is 0 Å². The minimum atomic E-state index is -5.91. The number of nitrogens with two attached hydrogens (primary N) is 1. The minimum absolute atomic E-state index is 0.0226. The number of allylic oxidation sites excluding steroid dienone is 1. The number of rotatable bonds is 21. The Kier molecular flexibility index (Phi) is 16.0. The summed E-state index contributed by atoms with van der Waals surface area (Å²) in [6, 6.07) is 0. The first-order chi connectivity index (χ1) is 25.0. The first kappa shape index (κ1) is 45.7. The van der Waals surface area contributed by atoms with E-state index in [0.717, 1.165) is 29.0 Å². The molecule has 0 aromatic carbocycles. The molecule has 28 heteroatoms. The van der Waals surface area contributed by atoms with Gasteiger partial charge in [0.1, 0.15) is 36.3 Å². The van der Waals surface area contributed by atoms with Crippen molar-refractivity contribution >= 4 is 69.1 Å². The normalized spacial score (nSPS) is 22.5. The van der Waals surface area contributed by atoms with Crippen molar-refractivity contribution in [2.24, 2.45) is 11.3 Å². The zero-order valence-electron chi connectivity index (χ0n) is 28.8. The summed E-state index contributed by atoms with van der Waals surface area (Å²) < 4.78 is 60.4. The number of amides is 2. The molecule has 24 nitrogen and oxygen atoms in total. The highest BCUT2D eigenvalue weighted by atomic mass is 32.2. The number of phosphoric acid groups is 3. The molecule has 2 amide bonds.